The number of hydrogen-bond donors (Lipinski definition) is 1. The van der Waals surface area contributed by atoms with E-state index in [-0.39, 0.29) is 11.6 Å². The lowest BCUT2D eigenvalue weighted by atomic mass is 9.81. The van der Waals surface area contributed by atoms with Crippen molar-refractivity contribution in [2.24, 2.45) is 0 Å². The van der Waals surface area contributed by atoms with Gasteiger partial charge in [0.2, 0.25) is 0 Å². The van der Waals surface area contributed by atoms with Crippen LogP contribution in [0, 0.1) is 0 Å². The van der Waals surface area contributed by atoms with Crippen molar-refractivity contribution in [2.45, 2.75) is 51.7 Å². The molecule has 0 amide bonds. The van der Waals surface area contributed by atoms with Crippen LogP contribution in [-0.4, -0.2) is 10.9 Å². The van der Waals surface area contributed by atoms with E-state index in [1.807, 2.05) is 0 Å². The largest absolute Gasteiger partial charge is 0.485 e. The Kier molecular flexibility index (Phi) is 4.60. The average molecular weight is 412 g/mol. The maximum Gasteiger partial charge on any atom is 0.128 e. The minimum Gasteiger partial charge on any atom is -0.485 e. The van der Waals surface area contributed by atoms with E-state index in [1.165, 1.54) is 39.9 Å². The zero-order valence-electron chi connectivity index (χ0n) is 15.7. The lowest BCUT2D eigenvalue weighted by Crippen LogP contribution is -2.32. The van der Waals surface area contributed by atoms with E-state index < -0.39 is 0 Å². The number of hydrogen-bond acceptors (Lipinski definition) is 2. The number of rotatable bonds is 4. The number of allylic oxidation sites excluding steroid dienone is 1. The molecule has 2 aromatic rings. The highest BCUT2D eigenvalue weighted by Crippen LogP contribution is 2.50. The van der Waals surface area contributed by atoms with Gasteiger partial charge in [0.15, 0.2) is 0 Å². The van der Waals surface area contributed by atoms with Crippen molar-refractivity contribution in [1.29, 1.82) is 0 Å². The molecule has 0 radical (unpaired) electrons. The van der Waals surface area contributed by atoms with Crippen molar-refractivity contribution < 1.29 is 4.74 Å². The third kappa shape index (κ3) is 3.07. The second-order valence-corrected chi connectivity index (χ2v) is 8.70. The fraction of sp³-hybridized carbons (Fsp3) is 0.391. The van der Waals surface area contributed by atoms with E-state index in [9.17, 15) is 0 Å². The molecule has 2 aliphatic rings. The maximum atomic E-state index is 6.50. The molecule has 1 N–H and O–H groups in total. The van der Waals surface area contributed by atoms with Crippen molar-refractivity contribution in [3.8, 4) is 16.9 Å². The number of unbranched alkanes of at least 4 members (excludes halogenated alkanes) is 1. The molecule has 0 bridgehead atoms. The van der Waals surface area contributed by atoms with Crippen LogP contribution in [0.5, 0.6) is 5.75 Å². The number of alkyl halides is 1. The third-order valence-electron chi connectivity index (χ3n) is 5.29. The summed E-state index contributed by atoms with van der Waals surface area (Å²) in [5, 5.41) is 4.74. The smallest absolute Gasteiger partial charge is 0.128 e. The van der Waals surface area contributed by atoms with Gasteiger partial charge >= 0.3 is 0 Å². The molecule has 26 heavy (non-hydrogen) atoms. The molecule has 2 nitrogen and oxygen atoms in total. The van der Waals surface area contributed by atoms with Gasteiger partial charge in [0.25, 0.3) is 0 Å². The summed E-state index contributed by atoms with van der Waals surface area (Å²) in [5.41, 5.74) is 7.76. The van der Waals surface area contributed by atoms with Crippen molar-refractivity contribution in [2.75, 3.05) is 10.6 Å². The first-order chi connectivity index (χ1) is 12.5. The van der Waals surface area contributed by atoms with Crippen LogP contribution >= 0.6 is 15.9 Å². The summed E-state index contributed by atoms with van der Waals surface area (Å²) in [6, 6.07) is 12.9. The summed E-state index contributed by atoms with van der Waals surface area (Å²) < 4.78 is 6.50. The van der Waals surface area contributed by atoms with Gasteiger partial charge in [-0.25, -0.2) is 0 Å². The number of fused-ring (bicyclic) bond motifs is 5. The minimum absolute atomic E-state index is 0.0236. The predicted octanol–water partition coefficient (Wildman–Crippen LogP) is 6.96. The van der Waals surface area contributed by atoms with Gasteiger partial charge in [0.1, 0.15) is 11.9 Å². The van der Waals surface area contributed by atoms with Crippen LogP contribution in [-0.2, 0) is 0 Å². The van der Waals surface area contributed by atoms with E-state index in [4.69, 9.17) is 4.74 Å². The third-order valence-corrected chi connectivity index (χ3v) is 5.85. The Hall–Kier alpha value is -1.74. The summed E-state index contributed by atoms with van der Waals surface area (Å²) in [5.74, 6) is 1.01. The lowest BCUT2D eigenvalue weighted by Gasteiger charge is -2.37. The average Bonchev–Trinajstić information content (AvgIpc) is 2.60. The number of benzene rings is 2. The SMILES string of the molecule is CC1=CC(C)(C)Nc2ccc3c(c21)C(CCCCBr)Oc1ccccc1-3. The minimum atomic E-state index is -0.0236. The summed E-state index contributed by atoms with van der Waals surface area (Å²) in [7, 11) is 0. The molecular formula is C23H26BrNO. The molecule has 1 atom stereocenters. The van der Waals surface area contributed by atoms with Crippen LogP contribution in [0.15, 0.2) is 42.5 Å². The predicted molar refractivity (Wildman–Crippen MR) is 114 cm³/mol. The molecule has 2 heterocycles. The summed E-state index contributed by atoms with van der Waals surface area (Å²) in [4.78, 5) is 0. The molecule has 136 valence electrons. The molecule has 0 saturated heterocycles. The summed E-state index contributed by atoms with van der Waals surface area (Å²) in [6.07, 6.45) is 5.82. The quantitative estimate of drug-likeness (QED) is 0.433. The molecule has 4 rings (SSSR count). The Labute approximate surface area is 164 Å². The molecule has 0 aliphatic carbocycles. The second-order valence-electron chi connectivity index (χ2n) is 7.91. The Morgan fingerprint density at radius 2 is 1.88 bits per heavy atom. The maximum absolute atomic E-state index is 6.50. The highest BCUT2D eigenvalue weighted by Gasteiger charge is 2.33. The van der Waals surface area contributed by atoms with Gasteiger partial charge in [-0.15, -0.1) is 0 Å². The summed E-state index contributed by atoms with van der Waals surface area (Å²) >= 11 is 3.55. The van der Waals surface area contributed by atoms with Crippen LogP contribution in [0.3, 0.4) is 0 Å². The number of halogens is 1. The normalized spacial score (nSPS) is 19.4. The first kappa shape index (κ1) is 17.7. The number of para-hydroxylation sites is 1. The molecule has 2 aromatic carbocycles. The van der Waals surface area contributed by atoms with Gasteiger partial charge in [-0.3, -0.25) is 0 Å². The standard InChI is InChI=1S/C23H26BrNO/c1-15-14-23(2,3)25-18-12-11-17-16-8-4-5-9-19(16)26-20(10-6-7-13-24)22(17)21(15)18/h4-5,8-9,11-12,14,20,25H,6-7,10,13H2,1-3H3. The van der Waals surface area contributed by atoms with Crippen molar-refractivity contribution in [3.63, 3.8) is 0 Å². The molecule has 1 unspecified atom stereocenters. The Bertz CT molecular complexity index is 869. The second kappa shape index (κ2) is 6.77. The monoisotopic (exact) mass is 411 g/mol. The van der Waals surface area contributed by atoms with E-state index in [0.29, 0.717) is 0 Å². The van der Waals surface area contributed by atoms with E-state index in [0.717, 1.165) is 23.9 Å². The van der Waals surface area contributed by atoms with Crippen LogP contribution in [0.4, 0.5) is 5.69 Å². The van der Waals surface area contributed by atoms with Gasteiger partial charge in [0.05, 0.1) is 5.54 Å². The lowest BCUT2D eigenvalue weighted by molar-refractivity contribution is 0.188. The summed E-state index contributed by atoms with van der Waals surface area (Å²) in [6.45, 7) is 6.67. The van der Waals surface area contributed by atoms with Crippen LogP contribution in [0.25, 0.3) is 16.7 Å². The van der Waals surface area contributed by atoms with Crippen LogP contribution in [0.2, 0.25) is 0 Å². The highest BCUT2D eigenvalue weighted by molar-refractivity contribution is 9.09. The van der Waals surface area contributed by atoms with Crippen molar-refractivity contribution >= 4 is 27.2 Å². The first-order valence-corrected chi connectivity index (χ1v) is 10.6. The van der Waals surface area contributed by atoms with Gasteiger partial charge < -0.3 is 10.1 Å². The molecule has 0 fully saturated rings. The molecular weight excluding hydrogens is 386 g/mol. The van der Waals surface area contributed by atoms with Crippen LogP contribution < -0.4 is 10.1 Å². The van der Waals surface area contributed by atoms with Crippen molar-refractivity contribution in [1.82, 2.24) is 0 Å². The number of ether oxygens (including phenoxy) is 1. The van der Waals surface area contributed by atoms with Gasteiger partial charge in [-0.1, -0.05) is 46.3 Å². The number of nitrogens with one attached hydrogen (secondary N) is 1. The fourth-order valence-corrected chi connectivity index (χ4v) is 4.74. The topological polar surface area (TPSA) is 21.3 Å². The van der Waals surface area contributed by atoms with Gasteiger partial charge in [-0.05, 0) is 63.3 Å². The zero-order valence-corrected chi connectivity index (χ0v) is 17.3. The highest BCUT2D eigenvalue weighted by atomic mass is 79.9. The Balaban J connectivity index is 1.88. The zero-order chi connectivity index (χ0) is 18.3. The molecule has 0 spiro atoms. The van der Waals surface area contributed by atoms with Gasteiger partial charge in [0, 0.05) is 27.7 Å². The first-order valence-electron chi connectivity index (χ1n) is 9.47. The van der Waals surface area contributed by atoms with E-state index >= 15 is 0 Å². The molecule has 3 heteroatoms. The molecule has 0 aromatic heterocycles. The van der Waals surface area contributed by atoms with Crippen molar-refractivity contribution in [3.05, 3.63) is 53.6 Å². The van der Waals surface area contributed by atoms with Crippen LogP contribution in [0.1, 0.15) is 57.3 Å². The number of anilines is 1. The van der Waals surface area contributed by atoms with E-state index in [2.05, 4.69) is 84.5 Å². The Morgan fingerprint density at radius 3 is 2.69 bits per heavy atom. The fourth-order valence-electron chi connectivity index (χ4n) is 4.35. The molecule has 0 saturated carbocycles. The molecule has 2 aliphatic heterocycles. The van der Waals surface area contributed by atoms with E-state index in [1.54, 1.807) is 0 Å². The Morgan fingerprint density at radius 1 is 1.08 bits per heavy atom. The van der Waals surface area contributed by atoms with Gasteiger partial charge in [-0.2, -0.15) is 0 Å².